The van der Waals surface area contributed by atoms with E-state index in [1.807, 2.05) is 6.07 Å². The number of likely N-dealkylation sites (tertiary alicyclic amines) is 1. The number of carbonyl (C=O) groups excluding carboxylic acids is 1. The number of aromatic hydroxyl groups is 2. The molecule has 1 atom stereocenters. The number of hydrogen-bond acceptors (Lipinski definition) is 5. The number of para-hydroxylation sites is 1. The molecule has 0 saturated carbocycles. The zero-order chi connectivity index (χ0) is 23.2. The molecule has 0 spiro atoms. The molecule has 0 unspecified atom stereocenters. The Morgan fingerprint density at radius 1 is 1.09 bits per heavy atom. The van der Waals surface area contributed by atoms with E-state index in [0.717, 1.165) is 45.3 Å². The maximum Gasteiger partial charge on any atom is 0.340 e. The summed E-state index contributed by atoms with van der Waals surface area (Å²) in [5.74, 6) is -0.353. The van der Waals surface area contributed by atoms with Gasteiger partial charge in [0.15, 0.2) is 5.88 Å². The van der Waals surface area contributed by atoms with Crippen LogP contribution in [0, 0.1) is 12.8 Å². The third kappa shape index (κ3) is 5.57. The predicted octanol–water partition coefficient (Wildman–Crippen LogP) is 4.70. The van der Waals surface area contributed by atoms with E-state index in [2.05, 4.69) is 29.2 Å². The Bertz CT molecular complexity index is 1080. The number of aryl methyl sites for hydroxylation is 2. The molecule has 1 aliphatic rings. The Kier molecular flexibility index (Phi) is 7.35. The van der Waals surface area contributed by atoms with Crippen molar-refractivity contribution >= 4 is 5.97 Å². The van der Waals surface area contributed by atoms with Crippen LogP contribution >= 0.6 is 0 Å². The molecule has 4 rings (SSSR count). The number of rotatable bonds is 8. The zero-order valence-electron chi connectivity index (χ0n) is 19.1. The van der Waals surface area contributed by atoms with Crippen molar-refractivity contribution in [1.29, 1.82) is 0 Å². The summed E-state index contributed by atoms with van der Waals surface area (Å²) in [5, 5.41) is 20.6. The van der Waals surface area contributed by atoms with Crippen molar-refractivity contribution in [1.82, 2.24) is 9.47 Å². The first-order valence-corrected chi connectivity index (χ1v) is 11.7. The van der Waals surface area contributed by atoms with Crippen LogP contribution in [0.4, 0.5) is 0 Å². The first kappa shape index (κ1) is 22.9. The summed E-state index contributed by atoms with van der Waals surface area (Å²) < 4.78 is 6.96. The summed E-state index contributed by atoms with van der Waals surface area (Å²) in [4.78, 5) is 15.4. The molecule has 174 valence electrons. The number of aromatic nitrogens is 1. The highest BCUT2D eigenvalue weighted by molar-refractivity contribution is 5.93. The van der Waals surface area contributed by atoms with E-state index in [1.165, 1.54) is 16.2 Å². The minimum atomic E-state index is -0.447. The molecule has 2 heterocycles. The van der Waals surface area contributed by atoms with Gasteiger partial charge < -0.3 is 19.8 Å². The number of ether oxygens (including phenoxy) is 1. The standard InChI is InChI=1S/C27H32N2O4/c1-20-17-25(30)29(26(20)31)24-14-6-5-13-23(24)27(32)33-19-22-12-8-16-28(18-22)15-7-11-21-9-3-2-4-10-21/h2-6,9-10,13-14,17,22,30-31H,7-8,11-12,15-16,18-19H2,1H3/t22-/m1/s1. The average Bonchev–Trinajstić information content (AvgIpc) is 3.09. The van der Waals surface area contributed by atoms with Gasteiger partial charge in [-0.1, -0.05) is 42.5 Å². The van der Waals surface area contributed by atoms with E-state index < -0.39 is 5.97 Å². The molecule has 1 fully saturated rings. The predicted molar refractivity (Wildman–Crippen MR) is 128 cm³/mol. The normalized spacial score (nSPS) is 16.6. The zero-order valence-corrected chi connectivity index (χ0v) is 19.1. The first-order chi connectivity index (χ1) is 16.0. The lowest BCUT2D eigenvalue weighted by atomic mass is 9.98. The molecule has 3 aromatic rings. The fourth-order valence-corrected chi connectivity index (χ4v) is 4.60. The van der Waals surface area contributed by atoms with Crippen LogP contribution in [0.15, 0.2) is 60.7 Å². The van der Waals surface area contributed by atoms with Gasteiger partial charge in [0.2, 0.25) is 5.88 Å². The minimum absolute atomic E-state index is 0.0915. The van der Waals surface area contributed by atoms with Crippen molar-refractivity contribution in [3.63, 3.8) is 0 Å². The molecule has 6 heteroatoms. The monoisotopic (exact) mass is 448 g/mol. The molecule has 1 aromatic heterocycles. The van der Waals surface area contributed by atoms with Crippen molar-refractivity contribution in [3.8, 4) is 17.4 Å². The van der Waals surface area contributed by atoms with Gasteiger partial charge in [0.05, 0.1) is 17.9 Å². The molecule has 2 N–H and O–H groups in total. The highest BCUT2D eigenvalue weighted by atomic mass is 16.5. The van der Waals surface area contributed by atoms with Crippen molar-refractivity contribution in [3.05, 3.63) is 77.4 Å². The Balaban J connectivity index is 1.33. The lowest BCUT2D eigenvalue weighted by Crippen LogP contribution is -2.38. The van der Waals surface area contributed by atoms with Crippen LogP contribution < -0.4 is 0 Å². The molecule has 1 aliphatic heterocycles. The Morgan fingerprint density at radius 3 is 2.61 bits per heavy atom. The van der Waals surface area contributed by atoms with Crippen LogP contribution in [0.3, 0.4) is 0 Å². The third-order valence-electron chi connectivity index (χ3n) is 6.34. The van der Waals surface area contributed by atoms with Crippen molar-refractivity contribution in [2.45, 2.75) is 32.6 Å². The maximum absolute atomic E-state index is 12.9. The van der Waals surface area contributed by atoms with E-state index in [4.69, 9.17) is 4.74 Å². The summed E-state index contributed by atoms with van der Waals surface area (Å²) in [6, 6.07) is 18.9. The van der Waals surface area contributed by atoms with E-state index in [-0.39, 0.29) is 11.8 Å². The molecule has 6 nitrogen and oxygen atoms in total. The second-order valence-electron chi connectivity index (χ2n) is 8.86. The lowest BCUT2D eigenvalue weighted by Gasteiger charge is -2.32. The van der Waals surface area contributed by atoms with Gasteiger partial charge in [0.25, 0.3) is 0 Å². The number of esters is 1. The summed E-state index contributed by atoms with van der Waals surface area (Å²) in [6.45, 7) is 5.13. The van der Waals surface area contributed by atoms with Gasteiger partial charge in [0.1, 0.15) is 0 Å². The van der Waals surface area contributed by atoms with E-state index >= 15 is 0 Å². The maximum atomic E-state index is 12.9. The molecule has 1 saturated heterocycles. The van der Waals surface area contributed by atoms with Gasteiger partial charge in [0, 0.05) is 24.1 Å². The quantitative estimate of drug-likeness (QED) is 0.489. The topological polar surface area (TPSA) is 74.9 Å². The SMILES string of the molecule is Cc1cc(O)n(-c2ccccc2C(=O)OC[C@@H]2CCCN(CCCc3ccccc3)C2)c1O. The lowest BCUT2D eigenvalue weighted by molar-refractivity contribution is 0.0353. The third-order valence-corrected chi connectivity index (χ3v) is 6.34. The summed E-state index contributed by atoms with van der Waals surface area (Å²) in [7, 11) is 0. The second kappa shape index (κ2) is 10.6. The molecular formula is C27H32N2O4. The van der Waals surface area contributed by atoms with Crippen molar-refractivity contribution in [2.75, 3.05) is 26.2 Å². The van der Waals surface area contributed by atoms with E-state index in [1.54, 1.807) is 31.2 Å². The van der Waals surface area contributed by atoms with Gasteiger partial charge in [-0.3, -0.25) is 4.57 Å². The van der Waals surface area contributed by atoms with Crippen LogP contribution in [-0.4, -0.2) is 51.9 Å². The van der Waals surface area contributed by atoms with Crippen molar-refractivity contribution < 1.29 is 19.7 Å². The number of carbonyl (C=O) groups is 1. The molecule has 33 heavy (non-hydrogen) atoms. The van der Waals surface area contributed by atoms with Gasteiger partial charge in [-0.05, 0) is 63.4 Å². The molecule has 0 aliphatic carbocycles. The Morgan fingerprint density at radius 2 is 1.85 bits per heavy atom. The summed E-state index contributed by atoms with van der Waals surface area (Å²) in [5.41, 5.74) is 2.62. The molecule has 2 aromatic carbocycles. The number of benzene rings is 2. The first-order valence-electron chi connectivity index (χ1n) is 11.7. The number of piperidine rings is 1. The van der Waals surface area contributed by atoms with Crippen molar-refractivity contribution in [2.24, 2.45) is 5.92 Å². The van der Waals surface area contributed by atoms with Gasteiger partial charge >= 0.3 is 5.97 Å². The fraction of sp³-hybridized carbons (Fsp3) is 0.370. The Labute approximate surface area is 195 Å². The summed E-state index contributed by atoms with van der Waals surface area (Å²) >= 11 is 0. The highest BCUT2D eigenvalue weighted by Crippen LogP contribution is 2.32. The average molecular weight is 449 g/mol. The second-order valence-corrected chi connectivity index (χ2v) is 8.86. The Hall–Kier alpha value is -3.25. The van der Waals surface area contributed by atoms with E-state index in [9.17, 15) is 15.0 Å². The minimum Gasteiger partial charge on any atom is -0.494 e. The number of hydrogen-bond donors (Lipinski definition) is 2. The van der Waals surface area contributed by atoms with Gasteiger partial charge in [-0.2, -0.15) is 0 Å². The molecule has 0 bridgehead atoms. The molecule has 0 amide bonds. The number of nitrogens with zero attached hydrogens (tertiary/aromatic N) is 2. The van der Waals surface area contributed by atoms with Gasteiger partial charge in [-0.15, -0.1) is 0 Å². The fourth-order valence-electron chi connectivity index (χ4n) is 4.60. The van der Waals surface area contributed by atoms with Crippen LogP contribution in [0.1, 0.15) is 40.7 Å². The highest BCUT2D eigenvalue weighted by Gasteiger charge is 2.23. The van der Waals surface area contributed by atoms with Crippen LogP contribution in [0.25, 0.3) is 5.69 Å². The molecule has 0 radical (unpaired) electrons. The van der Waals surface area contributed by atoms with Gasteiger partial charge in [-0.25, -0.2) is 4.79 Å². The largest absolute Gasteiger partial charge is 0.494 e. The summed E-state index contributed by atoms with van der Waals surface area (Å²) in [6.07, 6.45) is 4.34. The molecular weight excluding hydrogens is 416 g/mol. The van der Waals surface area contributed by atoms with Crippen LogP contribution in [0.2, 0.25) is 0 Å². The van der Waals surface area contributed by atoms with Crippen LogP contribution in [-0.2, 0) is 11.2 Å². The van der Waals surface area contributed by atoms with E-state index in [0.29, 0.717) is 29.3 Å². The van der Waals surface area contributed by atoms with Crippen LogP contribution in [0.5, 0.6) is 11.8 Å². The smallest absolute Gasteiger partial charge is 0.340 e.